The number of aromatic nitrogens is 3. The fourth-order valence-electron chi connectivity index (χ4n) is 2.14. The number of nitrogens with one attached hydrogen (secondary N) is 2. The minimum atomic E-state index is -2.98. The number of carbonyl (C=O) groups is 1. The highest BCUT2D eigenvalue weighted by molar-refractivity contribution is 7.99. The van der Waals surface area contributed by atoms with Crippen molar-refractivity contribution < 1.29 is 13.2 Å². The van der Waals surface area contributed by atoms with Crippen LogP contribution in [0, 0.1) is 0 Å². The quantitative estimate of drug-likeness (QED) is 0.771. The number of nitrogens with zero attached hydrogens (tertiary/aromatic N) is 2. The van der Waals surface area contributed by atoms with Gasteiger partial charge in [0.1, 0.15) is 0 Å². The molecule has 1 aliphatic rings. The summed E-state index contributed by atoms with van der Waals surface area (Å²) in [6, 6.07) is 3.60. The maximum atomic E-state index is 11.8. The van der Waals surface area contributed by atoms with Crippen molar-refractivity contribution >= 4 is 38.8 Å². The second-order valence-electron chi connectivity index (χ2n) is 4.90. The lowest BCUT2D eigenvalue weighted by molar-refractivity contribution is -0.119. The van der Waals surface area contributed by atoms with E-state index in [0.717, 1.165) is 4.88 Å². The van der Waals surface area contributed by atoms with E-state index in [1.165, 1.54) is 11.8 Å². The lowest BCUT2D eigenvalue weighted by Crippen LogP contribution is -2.36. The minimum Gasteiger partial charge on any atom is -0.352 e. The van der Waals surface area contributed by atoms with Gasteiger partial charge in [-0.25, -0.2) is 13.4 Å². The average molecular weight is 358 g/mol. The largest absolute Gasteiger partial charge is 0.352 e. The Morgan fingerprint density at radius 1 is 1.55 bits per heavy atom. The van der Waals surface area contributed by atoms with Crippen molar-refractivity contribution in [3.63, 3.8) is 0 Å². The first kappa shape index (κ1) is 15.5. The molecule has 1 fully saturated rings. The van der Waals surface area contributed by atoms with E-state index in [4.69, 9.17) is 0 Å². The van der Waals surface area contributed by atoms with E-state index in [1.807, 2.05) is 17.5 Å². The van der Waals surface area contributed by atoms with Crippen LogP contribution in [0.25, 0.3) is 10.7 Å². The summed E-state index contributed by atoms with van der Waals surface area (Å²) >= 11 is 2.78. The molecule has 0 saturated carbocycles. The van der Waals surface area contributed by atoms with Crippen molar-refractivity contribution in [3.8, 4) is 10.7 Å². The van der Waals surface area contributed by atoms with Crippen LogP contribution in [0.1, 0.15) is 6.42 Å². The summed E-state index contributed by atoms with van der Waals surface area (Å²) in [4.78, 5) is 17.1. The molecule has 2 N–H and O–H groups in total. The number of aromatic amines is 1. The van der Waals surface area contributed by atoms with Gasteiger partial charge < -0.3 is 5.32 Å². The van der Waals surface area contributed by atoms with E-state index in [0.29, 0.717) is 17.4 Å². The molecule has 1 saturated heterocycles. The standard InChI is InChI=1S/C12H14N4O3S3/c17-10(13-8-3-5-22(18,19)7-8)6-21-12-14-11(15-16-12)9-2-1-4-20-9/h1-2,4,8H,3,5-7H2,(H,13,17)(H,14,15,16). The van der Waals surface area contributed by atoms with Crippen molar-refractivity contribution in [3.05, 3.63) is 17.5 Å². The summed E-state index contributed by atoms with van der Waals surface area (Å²) in [5, 5.41) is 12.1. The van der Waals surface area contributed by atoms with Crippen molar-refractivity contribution in [1.82, 2.24) is 20.5 Å². The molecule has 1 aliphatic heterocycles. The molecule has 3 heterocycles. The third-order valence-corrected chi connectivity index (χ3v) is 6.64. The first-order valence-corrected chi connectivity index (χ1v) is 10.3. The zero-order valence-corrected chi connectivity index (χ0v) is 13.9. The van der Waals surface area contributed by atoms with Crippen LogP contribution in [-0.2, 0) is 14.6 Å². The fraction of sp³-hybridized carbons (Fsp3) is 0.417. The van der Waals surface area contributed by atoms with Crippen LogP contribution in [-0.4, -0.2) is 52.8 Å². The van der Waals surface area contributed by atoms with Gasteiger partial charge in [0.15, 0.2) is 15.7 Å². The summed E-state index contributed by atoms with van der Waals surface area (Å²) in [6.07, 6.45) is 0.488. The highest BCUT2D eigenvalue weighted by Crippen LogP contribution is 2.23. The van der Waals surface area contributed by atoms with Crippen LogP contribution in [0.5, 0.6) is 0 Å². The Hall–Kier alpha value is -1.39. The number of H-pyrrole nitrogens is 1. The van der Waals surface area contributed by atoms with Crippen LogP contribution in [0.3, 0.4) is 0 Å². The fourth-order valence-corrected chi connectivity index (χ4v) is 5.09. The van der Waals surface area contributed by atoms with E-state index < -0.39 is 9.84 Å². The number of thioether (sulfide) groups is 1. The number of amides is 1. The first-order chi connectivity index (χ1) is 10.5. The van der Waals surface area contributed by atoms with E-state index >= 15 is 0 Å². The van der Waals surface area contributed by atoms with Gasteiger partial charge in [0, 0.05) is 6.04 Å². The van der Waals surface area contributed by atoms with E-state index in [-0.39, 0.29) is 29.2 Å². The maximum Gasteiger partial charge on any atom is 0.230 e. The lowest BCUT2D eigenvalue weighted by Gasteiger charge is -2.09. The molecule has 0 spiro atoms. The van der Waals surface area contributed by atoms with E-state index in [9.17, 15) is 13.2 Å². The molecule has 3 rings (SSSR count). The van der Waals surface area contributed by atoms with Gasteiger partial charge in [0.05, 0.1) is 22.1 Å². The molecule has 0 aliphatic carbocycles. The Bertz CT molecular complexity index is 754. The van der Waals surface area contributed by atoms with Crippen LogP contribution in [0.4, 0.5) is 0 Å². The molecular formula is C12H14N4O3S3. The summed E-state index contributed by atoms with van der Waals surface area (Å²) in [7, 11) is -2.98. The number of thiophene rings is 1. The summed E-state index contributed by atoms with van der Waals surface area (Å²) in [5.74, 6) is 0.829. The van der Waals surface area contributed by atoms with E-state index in [2.05, 4.69) is 20.5 Å². The molecule has 1 atom stereocenters. The molecule has 0 bridgehead atoms. The summed E-state index contributed by atoms with van der Waals surface area (Å²) in [5.41, 5.74) is 0. The van der Waals surface area contributed by atoms with Gasteiger partial charge in [-0.2, -0.15) is 0 Å². The maximum absolute atomic E-state index is 11.8. The Morgan fingerprint density at radius 3 is 3.09 bits per heavy atom. The number of carbonyl (C=O) groups excluding carboxylic acids is 1. The van der Waals surface area contributed by atoms with Crippen LogP contribution < -0.4 is 5.32 Å². The van der Waals surface area contributed by atoms with Crippen molar-refractivity contribution in [2.45, 2.75) is 17.6 Å². The summed E-state index contributed by atoms with van der Waals surface area (Å²) in [6.45, 7) is 0. The number of rotatable bonds is 5. The van der Waals surface area contributed by atoms with Gasteiger partial charge in [-0.05, 0) is 17.9 Å². The molecule has 118 valence electrons. The molecule has 2 aromatic heterocycles. The second-order valence-corrected chi connectivity index (χ2v) is 9.02. The van der Waals surface area contributed by atoms with Gasteiger partial charge in [0.2, 0.25) is 11.1 Å². The average Bonchev–Trinajstić information content (AvgIpc) is 3.16. The SMILES string of the molecule is O=C(CSc1n[nH]c(-c2cccs2)n1)NC1CCS(=O)(=O)C1. The number of hydrogen-bond acceptors (Lipinski definition) is 7. The monoisotopic (exact) mass is 358 g/mol. The molecule has 1 unspecified atom stereocenters. The Morgan fingerprint density at radius 2 is 2.41 bits per heavy atom. The molecule has 2 aromatic rings. The van der Waals surface area contributed by atoms with Crippen LogP contribution in [0.15, 0.2) is 22.7 Å². The highest BCUT2D eigenvalue weighted by Gasteiger charge is 2.28. The molecule has 0 aromatic carbocycles. The zero-order valence-electron chi connectivity index (χ0n) is 11.5. The normalized spacial score (nSPS) is 20.1. The second kappa shape index (κ2) is 6.39. The van der Waals surface area contributed by atoms with Crippen LogP contribution in [0.2, 0.25) is 0 Å². The topological polar surface area (TPSA) is 105 Å². The minimum absolute atomic E-state index is 0.0343. The molecular weight excluding hydrogens is 344 g/mol. The predicted molar refractivity (Wildman–Crippen MR) is 85.6 cm³/mol. The van der Waals surface area contributed by atoms with Gasteiger partial charge in [-0.3, -0.25) is 9.89 Å². The molecule has 1 amide bonds. The smallest absolute Gasteiger partial charge is 0.230 e. The highest BCUT2D eigenvalue weighted by atomic mass is 32.2. The van der Waals surface area contributed by atoms with Gasteiger partial charge in [-0.1, -0.05) is 17.8 Å². The zero-order chi connectivity index (χ0) is 15.6. The Kier molecular flexibility index (Phi) is 4.50. The number of sulfone groups is 1. The van der Waals surface area contributed by atoms with Crippen molar-refractivity contribution in [2.75, 3.05) is 17.3 Å². The van der Waals surface area contributed by atoms with Crippen molar-refractivity contribution in [1.29, 1.82) is 0 Å². The summed E-state index contributed by atoms with van der Waals surface area (Å²) < 4.78 is 22.7. The molecule has 0 radical (unpaired) electrons. The first-order valence-electron chi connectivity index (χ1n) is 6.61. The van der Waals surface area contributed by atoms with Gasteiger partial charge in [-0.15, -0.1) is 16.4 Å². The van der Waals surface area contributed by atoms with Crippen molar-refractivity contribution in [2.24, 2.45) is 0 Å². The van der Waals surface area contributed by atoms with Gasteiger partial charge >= 0.3 is 0 Å². The van der Waals surface area contributed by atoms with Crippen LogP contribution >= 0.6 is 23.1 Å². The predicted octanol–water partition coefficient (Wildman–Crippen LogP) is 0.929. The molecule has 10 heteroatoms. The number of hydrogen-bond donors (Lipinski definition) is 2. The molecule has 22 heavy (non-hydrogen) atoms. The van der Waals surface area contributed by atoms with Gasteiger partial charge in [0.25, 0.3) is 0 Å². The molecule has 7 nitrogen and oxygen atoms in total. The Labute approximate surface area is 135 Å². The Balaban J connectivity index is 1.49. The third-order valence-electron chi connectivity index (χ3n) is 3.15. The lowest BCUT2D eigenvalue weighted by atomic mass is 10.3. The van der Waals surface area contributed by atoms with E-state index in [1.54, 1.807) is 11.3 Å². The third kappa shape index (κ3) is 3.87.